The Morgan fingerprint density at radius 2 is 1.85 bits per heavy atom. The van der Waals surface area contributed by atoms with Crippen LogP contribution >= 0.6 is 0 Å². The summed E-state index contributed by atoms with van der Waals surface area (Å²) in [5, 5.41) is 0. The highest BCUT2D eigenvalue weighted by atomic mass is 16.3. The number of nitrogens with zero attached hydrogens (tertiary/aromatic N) is 4. The van der Waals surface area contributed by atoms with E-state index in [0.29, 0.717) is 31.2 Å². The van der Waals surface area contributed by atoms with Crippen molar-refractivity contribution < 1.29 is 14.0 Å². The first-order valence-electron chi connectivity index (χ1n) is 12.1. The van der Waals surface area contributed by atoms with Crippen LogP contribution in [0.3, 0.4) is 0 Å². The predicted molar refractivity (Wildman–Crippen MR) is 127 cm³/mol. The van der Waals surface area contributed by atoms with Gasteiger partial charge in [-0.1, -0.05) is 26.8 Å². The molecule has 1 atom stereocenters. The van der Waals surface area contributed by atoms with Crippen molar-refractivity contribution in [1.29, 1.82) is 0 Å². The fraction of sp³-hybridized carbons (Fsp3) is 0.577. The summed E-state index contributed by atoms with van der Waals surface area (Å²) in [5.74, 6) is 2.57. The molecule has 4 heterocycles. The fourth-order valence-electron chi connectivity index (χ4n) is 5.06. The number of rotatable bonds is 8. The van der Waals surface area contributed by atoms with Crippen molar-refractivity contribution in [2.24, 2.45) is 5.92 Å². The van der Waals surface area contributed by atoms with Crippen LogP contribution in [0.25, 0.3) is 0 Å². The van der Waals surface area contributed by atoms with E-state index in [1.165, 1.54) is 4.90 Å². The quantitative estimate of drug-likeness (QED) is 0.554. The van der Waals surface area contributed by atoms with Crippen LogP contribution in [0.2, 0.25) is 0 Å². The molecule has 7 heteroatoms. The Morgan fingerprint density at radius 3 is 2.45 bits per heavy atom. The van der Waals surface area contributed by atoms with Crippen molar-refractivity contribution in [1.82, 2.24) is 19.7 Å². The third-order valence-corrected chi connectivity index (χ3v) is 7.02. The number of carbonyl (C=O) groups is 2. The first-order chi connectivity index (χ1) is 15.8. The molecule has 2 fully saturated rings. The topological polar surface area (TPSA) is 69.9 Å². The van der Waals surface area contributed by atoms with Crippen molar-refractivity contribution in [2.75, 3.05) is 26.2 Å². The fourth-order valence-corrected chi connectivity index (χ4v) is 5.06. The Balaban J connectivity index is 1.43. The Bertz CT molecular complexity index is 963. The summed E-state index contributed by atoms with van der Waals surface area (Å²) in [6.07, 6.45) is 4.06. The van der Waals surface area contributed by atoms with E-state index in [1.54, 1.807) is 6.20 Å². The van der Waals surface area contributed by atoms with Crippen LogP contribution in [-0.4, -0.2) is 63.3 Å². The molecular weight excluding hydrogens is 416 g/mol. The van der Waals surface area contributed by atoms with Gasteiger partial charge in [-0.2, -0.15) is 0 Å². The SMILES string of the molecule is Cc1ccc(C(C)CCN2CCC3(CC2)C(=O)N(Cc2ccccn2)C(=O)N3CC(C)C)o1. The number of aromatic nitrogens is 1. The molecule has 2 aliphatic heterocycles. The second-order valence-electron chi connectivity index (χ2n) is 10.0. The lowest BCUT2D eigenvalue weighted by Crippen LogP contribution is -2.57. The molecule has 1 unspecified atom stereocenters. The van der Waals surface area contributed by atoms with Crippen molar-refractivity contribution >= 4 is 11.9 Å². The number of carbonyl (C=O) groups excluding carboxylic acids is 2. The summed E-state index contributed by atoms with van der Waals surface area (Å²) in [4.78, 5) is 37.0. The molecule has 178 valence electrons. The van der Waals surface area contributed by atoms with Gasteiger partial charge in [0, 0.05) is 31.7 Å². The number of amides is 3. The summed E-state index contributed by atoms with van der Waals surface area (Å²) in [5.41, 5.74) is 0.0106. The Kier molecular flexibility index (Phi) is 6.88. The predicted octanol–water partition coefficient (Wildman–Crippen LogP) is 4.43. The number of likely N-dealkylation sites (tertiary alicyclic amines) is 1. The minimum absolute atomic E-state index is 0.0575. The molecule has 4 rings (SSSR count). The molecule has 2 saturated heterocycles. The van der Waals surface area contributed by atoms with E-state index in [-0.39, 0.29) is 18.5 Å². The number of aryl methyl sites for hydroxylation is 1. The van der Waals surface area contributed by atoms with E-state index in [9.17, 15) is 9.59 Å². The maximum absolute atomic E-state index is 13.7. The van der Waals surface area contributed by atoms with Gasteiger partial charge < -0.3 is 14.2 Å². The van der Waals surface area contributed by atoms with Gasteiger partial charge in [0.05, 0.1) is 12.2 Å². The zero-order valence-corrected chi connectivity index (χ0v) is 20.3. The van der Waals surface area contributed by atoms with E-state index in [2.05, 4.69) is 36.7 Å². The number of hydrogen-bond acceptors (Lipinski definition) is 5. The molecular formula is C26H36N4O3. The summed E-state index contributed by atoms with van der Waals surface area (Å²) >= 11 is 0. The monoisotopic (exact) mass is 452 g/mol. The van der Waals surface area contributed by atoms with Gasteiger partial charge in [0.25, 0.3) is 5.91 Å². The van der Waals surface area contributed by atoms with Gasteiger partial charge in [-0.25, -0.2) is 4.79 Å². The molecule has 2 aromatic rings. The molecule has 0 radical (unpaired) electrons. The summed E-state index contributed by atoms with van der Waals surface area (Å²) in [6, 6.07) is 9.50. The third kappa shape index (κ3) is 4.83. The molecule has 0 aliphatic carbocycles. The normalized spacial score (nSPS) is 19.8. The lowest BCUT2D eigenvalue weighted by Gasteiger charge is -2.43. The minimum atomic E-state index is -0.726. The second-order valence-corrected chi connectivity index (χ2v) is 10.0. The Hall–Kier alpha value is -2.67. The second kappa shape index (κ2) is 9.67. The molecule has 0 aromatic carbocycles. The van der Waals surface area contributed by atoms with Crippen molar-refractivity contribution in [3.05, 3.63) is 53.7 Å². The summed E-state index contributed by atoms with van der Waals surface area (Å²) in [6.45, 7) is 11.8. The largest absolute Gasteiger partial charge is 0.466 e. The maximum Gasteiger partial charge on any atom is 0.328 e. The smallest absolute Gasteiger partial charge is 0.328 e. The lowest BCUT2D eigenvalue weighted by atomic mass is 9.85. The highest BCUT2D eigenvalue weighted by molar-refractivity contribution is 6.07. The zero-order valence-electron chi connectivity index (χ0n) is 20.3. The van der Waals surface area contributed by atoms with Gasteiger partial charge >= 0.3 is 6.03 Å². The number of hydrogen-bond donors (Lipinski definition) is 0. The first-order valence-corrected chi connectivity index (χ1v) is 12.1. The zero-order chi connectivity index (χ0) is 23.6. The minimum Gasteiger partial charge on any atom is -0.466 e. The van der Waals surface area contributed by atoms with E-state index in [4.69, 9.17) is 4.42 Å². The number of imide groups is 1. The molecule has 3 amide bonds. The van der Waals surface area contributed by atoms with Crippen LogP contribution in [0.1, 0.15) is 63.2 Å². The van der Waals surface area contributed by atoms with Crippen LogP contribution < -0.4 is 0 Å². The van der Waals surface area contributed by atoms with Gasteiger partial charge in [-0.3, -0.25) is 14.7 Å². The summed E-state index contributed by atoms with van der Waals surface area (Å²) < 4.78 is 5.78. The molecule has 2 aromatic heterocycles. The van der Waals surface area contributed by atoms with Gasteiger partial charge in [0.2, 0.25) is 0 Å². The molecule has 7 nitrogen and oxygen atoms in total. The van der Waals surface area contributed by atoms with Crippen LogP contribution in [0.5, 0.6) is 0 Å². The number of pyridine rings is 1. The summed E-state index contributed by atoms with van der Waals surface area (Å²) in [7, 11) is 0. The molecule has 1 spiro atoms. The van der Waals surface area contributed by atoms with Crippen LogP contribution in [0.15, 0.2) is 40.9 Å². The number of urea groups is 1. The molecule has 0 bridgehead atoms. The van der Waals surface area contributed by atoms with Gasteiger partial charge in [0.15, 0.2) is 0 Å². The van der Waals surface area contributed by atoms with Crippen molar-refractivity contribution in [2.45, 2.75) is 65.0 Å². The molecule has 0 N–H and O–H groups in total. The average Bonchev–Trinajstić information content (AvgIpc) is 3.32. The van der Waals surface area contributed by atoms with E-state index in [1.807, 2.05) is 36.1 Å². The third-order valence-electron chi connectivity index (χ3n) is 7.02. The molecule has 33 heavy (non-hydrogen) atoms. The standard InChI is InChI=1S/C26H36N4O3/c1-19(2)17-30-25(32)29(18-22-7-5-6-13-27-22)24(31)26(30)11-15-28(16-12-26)14-10-20(3)23-9-8-21(4)33-23/h5-9,13,19-20H,10-12,14-18H2,1-4H3. The lowest BCUT2D eigenvalue weighted by molar-refractivity contribution is -0.136. The van der Waals surface area contributed by atoms with Crippen LogP contribution in [0, 0.1) is 12.8 Å². The van der Waals surface area contributed by atoms with Crippen LogP contribution in [0.4, 0.5) is 4.79 Å². The van der Waals surface area contributed by atoms with Gasteiger partial charge in [-0.05, 0) is 62.9 Å². The first kappa shape index (κ1) is 23.5. The van der Waals surface area contributed by atoms with E-state index in [0.717, 1.165) is 43.3 Å². The molecule has 2 aliphatic rings. The van der Waals surface area contributed by atoms with Gasteiger partial charge in [-0.15, -0.1) is 0 Å². The van der Waals surface area contributed by atoms with Crippen LogP contribution in [-0.2, 0) is 11.3 Å². The maximum atomic E-state index is 13.7. The average molecular weight is 453 g/mol. The highest BCUT2D eigenvalue weighted by Gasteiger charge is 2.57. The van der Waals surface area contributed by atoms with E-state index >= 15 is 0 Å². The van der Waals surface area contributed by atoms with Crippen molar-refractivity contribution in [3.8, 4) is 0 Å². The Labute approximate surface area is 196 Å². The Morgan fingerprint density at radius 1 is 1.09 bits per heavy atom. The van der Waals surface area contributed by atoms with Gasteiger partial charge in [0.1, 0.15) is 17.1 Å². The van der Waals surface area contributed by atoms with E-state index < -0.39 is 5.54 Å². The number of piperidine rings is 1. The highest BCUT2D eigenvalue weighted by Crippen LogP contribution is 2.38. The number of furan rings is 1. The van der Waals surface area contributed by atoms with Crippen molar-refractivity contribution in [3.63, 3.8) is 0 Å². The molecule has 0 saturated carbocycles.